The van der Waals surface area contributed by atoms with Crippen molar-refractivity contribution in [1.29, 1.82) is 0 Å². The summed E-state index contributed by atoms with van der Waals surface area (Å²) in [4.78, 5) is 2.61. The van der Waals surface area contributed by atoms with Gasteiger partial charge in [0.05, 0.1) is 6.20 Å². The lowest BCUT2D eigenvalue weighted by molar-refractivity contribution is 0.212. The van der Waals surface area contributed by atoms with Gasteiger partial charge in [-0.1, -0.05) is 18.2 Å². The van der Waals surface area contributed by atoms with E-state index in [0.717, 1.165) is 31.8 Å². The van der Waals surface area contributed by atoms with Gasteiger partial charge in [-0.05, 0) is 17.5 Å². The van der Waals surface area contributed by atoms with Crippen LogP contribution in [0.3, 0.4) is 0 Å². The summed E-state index contributed by atoms with van der Waals surface area (Å²) in [7, 11) is 2.00. The molecule has 1 unspecified atom stereocenters. The lowest BCUT2D eigenvalue weighted by atomic mass is 10.1. The summed E-state index contributed by atoms with van der Waals surface area (Å²) in [5.74, 6) is 2.38. The molecule has 116 valence electrons. The molecular weight excluding hydrogens is 292 g/mol. The summed E-state index contributed by atoms with van der Waals surface area (Å²) in [6.07, 6.45) is 5.35. The fraction of sp³-hybridized carbons (Fsp3) is 0.471. The summed E-state index contributed by atoms with van der Waals surface area (Å²) >= 11 is 2.05. The van der Waals surface area contributed by atoms with Gasteiger partial charge >= 0.3 is 0 Å². The average Bonchev–Trinajstić information content (AvgIpc) is 3.17. The van der Waals surface area contributed by atoms with Crippen LogP contribution in [0.1, 0.15) is 22.7 Å². The lowest BCUT2D eigenvalue weighted by Gasteiger charge is -2.35. The largest absolute Gasteiger partial charge is 0.384 e. The normalized spacial score (nSPS) is 21.6. The third kappa shape index (κ3) is 2.63. The second-order valence-electron chi connectivity index (χ2n) is 6.14. The molecule has 1 atom stereocenters. The van der Waals surface area contributed by atoms with E-state index in [-0.39, 0.29) is 0 Å². The molecule has 4 rings (SSSR count). The molecule has 0 radical (unpaired) electrons. The van der Waals surface area contributed by atoms with Crippen LogP contribution >= 0.6 is 11.8 Å². The maximum atomic E-state index is 4.36. The predicted molar refractivity (Wildman–Crippen MR) is 92.3 cm³/mol. The van der Waals surface area contributed by atoms with Gasteiger partial charge < -0.3 is 5.32 Å². The number of benzene rings is 1. The standard InChI is InChI=1S/C17H22N4S/c1-20-10-15(9-19-20)16-12-22-8-7-21(16)11-14-4-2-3-13-5-6-18-17(13)14/h2-4,9-10,16,18H,5-8,11-12H2,1H3. The highest BCUT2D eigenvalue weighted by Crippen LogP contribution is 2.33. The van der Waals surface area contributed by atoms with Crippen LogP contribution in [0.25, 0.3) is 0 Å². The third-order valence-electron chi connectivity index (χ3n) is 4.66. The molecule has 5 heteroatoms. The Morgan fingerprint density at radius 2 is 2.36 bits per heavy atom. The fourth-order valence-electron chi connectivity index (χ4n) is 3.51. The van der Waals surface area contributed by atoms with E-state index in [9.17, 15) is 0 Å². The molecule has 0 spiro atoms. The number of nitrogens with zero attached hydrogens (tertiary/aromatic N) is 3. The van der Waals surface area contributed by atoms with Gasteiger partial charge in [-0.15, -0.1) is 0 Å². The first-order chi connectivity index (χ1) is 10.8. The van der Waals surface area contributed by atoms with Crippen LogP contribution in [0.4, 0.5) is 5.69 Å². The molecule has 2 aliphatic rings. The summed E-state index contributed by atoms with van der Waals surface area (Å²) in [6.45, 7) is 3.25. The van der Waals surface area contributed by atoms with E-state index in [1.165, 1.54) is 28.1 Å². The topological polar surface area (TPSA) is 33.1 Å². The number of aryl methyl sites for hydroxylation is 1. The van der Waals surface area contributed by atoms with Crippen LogP contribution in [0.2, 0.25) is 0 Å². The van der Waals surface area contributed by atoms with Crippen molar-refractivity contribution in [3.05, 3.63) is 47.3 Å². The minimum absolute atomic E-state index is 0.477. The van der Waals surface area contributed by atoms with Crippen LogP contribution in [0.15, 0.2) is 30.6 Å². The molecule has 1 aromatic carbocycles. The van der Waals surface area contributed by atoms with Gasteiger partial charge in [0.25, 0.3) is 0 Å². The monoisotopic (exact) mass is 314 g/mol. The molecule has 1 fully saturated rings. The molecule has 0 aliphatic carbocycles. The number of hydrogen-bond acceptors (Lipinski definition) is 4. The number of para-hydroxylation sites is 1. The second kappa shape index (κ2) is 5.97. The summed E-state index contributed by atoms with van der Waals surface area (Å²) in [5, 5.41) is 7.93. The molecule has 0 amide bonds. The number of anilines is 1. The van der Waals surface area contributed by atoms with E-state index in [2.05, 4.69) is 51.5 Å². The average molecular weight is 314 g/mol. The number of hydrogen-bond donors (Lipinski definition) is 1. The van der Waals surface area contributed by atoms with Crippen LogP contribution in [0, 0.1) is 0 Å². The fourth-order valence-corrected chi connectivity index (χ4v) is 4.66. The molecule has 2 aromatic rings. The minimum atomic E-state index is 0.477. The maximum Gasteiger partial charge on any atom is 0.0537 e. The van der Waals surface area contributed by atoms with E-state index in [0.29, 0.717) is 6.04 Å². The number of thioether (sulfide) groups is 1. The van der Waals surface area contributed by atoms with E-state index in [1.54, 1.807) is 0 Å². The number of fused-ring (bicyclic) bond motifs is 1. The van der Waals surface area contributed by atoms with Gasteiger partial charge in [0, 0.05) is 61.7 Å². The maximum absolute atomic E-state index is 4.36. The first-order valence-electron chi connectivity index (χ1n) is 7.96. The van der Waals surface area contributed by atoms with E-state index >= 15 is 0 Å². The number of aromatic nitrogens is 2. The quantitative estimate of drug-likeness (QED) is 0.944. The van der Waals surface area contributed by atoms with Crippen molar-refractivity contribution in [3.8, 4) is 0 Å². The zero-order valence-electron chi connectivity index (χ0n) is 13.0. The SMILES string of the molecule is Cn1cc(C2CSCCN2Cc2cccc3c2NCC3)cn1. The van der Waals surface area contributed by atoms with Gasteiger partial charge in [-0.3, -0.25) is 9.58 Å². The van der Waals surface area contributed by atoms with E-state index < -0.39 is 0 Å². The van der Waals surface area contributed by atoms with Gasteiger partial charge in [0.15, 0.2) is 0 Å². The predicted octanol–water partition coefficient (Wildman–Crippen LogP) is 2.68. The molecule has 0 saturated carbocycles. The first-order valence-corrected chi connectivity index (χ1v) is 9.12. The Kier molecular flexibility index (Phi) is 3.84. The van der Waals surface area contributed by atoms with Gasteiger partial charge in [-0.2, -0.15) is 16.9 Å². The zero-order chi connectivity index (χ0) is 14.9. The molecule has 1 aromatic heterocycles. The summed E-state index contributed by atoms with van der Waals surface area (Å²) < 4.78 is 1.91. The Morgan fingerprint density at radius 3 is 3.23 bits per heavy atom. The molecule has 1 N–H and O–H groups in total. The van der Waals surface area contributed by atoms with Crippen LogP contribution in [0.5, 0.6) is 0 Å². The molecule has 22 heavy (non-hydrogen) atoms. The zero-order valence-corrected chi connectivity index (χ0v) is 13.8. The third-order valence-corrected chi connectivity index (χ3v) is 5.68. The Hall–Kier alpha value is -1.46. The van der Waals surface area contributed by atoms with Crippen molar-refractivity contribution in [2.24, 2.45) is 7.05 Å². The van der Waals surface area contributed by atoms with Crippen molar-refractivity contribution >= 4 is 17.4 Å². The van der Waals surface area contributed by atoms with Gasteiger partial charge in [0.1, 0.15) is 0 Å². The Balaban J connectivity index is 1.59. The lowest BCUT2D eigenvalue weighted by Crippen LogP contribution is -2.35. The summed E-state index contributed by atoms with van der Waals surface area (Å²) in [5.41, 5.74) is 5.64. The van der Waals surface area contributed by atoms with Crippen molar-refractivity contribution in [2.45, 2.75) is 19.0 Å². The van der Waals surface area contributed by atoms with Crippen LogP contribution in [-0.2, 0) is 20.0 Å². The Bertz CT molecular complexity index is 666. The van der Waals surface area contributed by atoms with Crippen LogP contribution in [-0.4, -0.2) is 39.3 Å². The van der Waals surface area contributed by atoms with Crippen molar-refractivity contribution in [1.82, 2.24) is 14.7 Å². The highest BCUT2D eigenvalue weighted by atomic mass is 32.2. The van der Waals surface area contributed by atoms with Crippen molar-refractivity contribution in [2.75, 3.05) is 29.9 Å². The highest BCUT2D eigenvalue weighted by molar-refractivity contribution is 7.99. The Labute approximate surface area is 135 Å². The number of rotatable bonds is 3. The molecular formula is C17H22N4S. The van der Waals surface area contributed by atoms with E-state index in [4.69, 9.17) is 0 Å². The summed E-state index contributed by atoms with van der Waals surface area (Å²) in [6, 6.07) is 7.21. The smallest absolute Gasteiger partial charge is 0.0537 e. The first kappa shape index (κ1) is 14.2. The molecule has 0 bridgehead atoms. The molecule has 3 heterocycles. The van der Waals surface area contributed by atoms with Gasteiger partial charge in [0.2, 0.25) is 0 Å². The molecule has 4 nitrogen and oxygen atoms in total. The van der Waals surface area contributed by atoms with Crippen LogP contribution < -0.4 is 5.32 Å². The minimum Gasteiger partial charge on any atom is -0.384 e. The van der Waals surface area contributed by atoms with E-state index in [1.807, 2.05) is 17.9 Å². The molecule has 2 aliphatic heterocycles. The van der Waals surface area contributed by atoms with Gasteiger partial charge in [-0.25, -0.2) is 0 Å². The number of nitrogens with one attached hydrogen (secondary N) is 1. The van der Waals surface area contributed by atoms with Crippen molar-refractivity contribution < 1.29 is 0 Å². The highest BCUT2D eigenvalue weighted by Gasteiger charge is 2.26. The Morgan fingerprint density at radius 1 is 1.41 bits per heavy atom. The molecule has 1 saturated heterocycles. The second-order valence-corrected chi connectivity index (χ2v) is 7.29. The van der Waals surface area contributed by atoms with Crippen molar-refractivity contribution in [3.63, 3.8) is 0 Å².